The molecule has 0 aliphatic heterocycles. The lowest BCUT2D eigenvalue weighted by molar-refractivity contribution is 0.295. The summed E-state index contributed by atoms with van der Waals surface area (Å²) in [5, 5.41) is 1.33. The molecule has 0 radical (unpaired) electrons. The molecule has 3 aromatic rings. The maximum atomic E-state index is 13.1. The molecule has 0 fully saturated rings. The molecule has 0 spiro atoms. The van der Waals surface area contributed by atoms with Crippen LogP contribution in [0.5, 0.6) is 5.75 Å². The summed E-state index contributed by atoms with van der Waals surface area (Å²) in [6.07, 6.45) is 0. The number of fused-ring (bicyclic) bond motifs is 1. The van der Waals surface area contributed by atoms with Gasteiger partial charge in [-0.15, -0.1) is 11.3 Å². The molecule has 21 heavy (non-hydrogen) atoms. The van der Waals surface area contributed by atoms with Crippen molar-refractivity contribution in [2.45, 2.75) is 20.5 Å². The van der Waals surface area contributed by atoms with Crippen LogP contribution in [-0.2, 0) is 6.61 Å². The maximum Gasteiger partial charge on any atom is 0.169 e. The fourth-order valence-electron chi connectivity index (χ4n) is 2.01. The van der Waals surface area contributed by atoms with Gasteiger partial charge in [0.1, 0.15) is 28.2 Å². The van der Waals surface area contributed by atoms with Crippen LogP contribution in [0, 0.1) is 19.7 Å². The number of rotatable bonds is 3. The number of benzene rings is 1. The summed E-state index contributed by atoms with van der Waals surface area (Å²) >= 11 is 7.81. The number of halogens is 2. The van der Waals surface area contributed by atoms with E-state index < -0.39 is 0 Å². The molecule has 6 heteroatoms. The predicted octanol–water partition coefficient (Wildman–Crippen LogP) is 4.68. The van der Waals surface area contributed by atoms with Crippen LogP contribution in [0.15, 0.2) is 24.3 Å². The zero-order valence-electron chi connectivity index (χ0n) is 11.5. The molecular formula is C15H12ClFN2OS. The monoisotopic (exact) mass is 322 g/mol. The van der Waals surface area contributed by atoms with Crippen LogP contribution in [0.3, 0.4) is 0 Å². The molecule has 3 rings (SSSR count). The van der Waals surface area contributed by atoms with E-state index in [1.54, 1.807) is 23.5 Å². The number of hydrogen-bond donors (Lipinski definition) is 0. The molecule has 2 aromatic heterocycles. The van der Waals surface area contributed by atoms with Gasteiger partial charge in [-0.1, -0.05) is 17.7 Å². The standard InChI is InChI=1S/C15H12ClFN2OS/c1-8-9(2)21-15-13(8)14(16)18-12(19-15)7-20-11-5-3-4-10(17)6-11/h3-6H,7H2,1-2H3. The SMILES string of the molecule is Cc1sc2nc(COc3cccc(F)c3)nc(Cl)c2c1C. The van der Waals surface area contributed by atoms with Crippen molar-refractivity contribution in [2.75, 3.05) is 0 Å². The Morgan fingerprint density at radius 3 is 2.86 bits per heavy atom. The first-order chi connectivity index (χ1) is 10.0. The second-order valence-electron chi connectivity index (χ2n) is 4.64. The minimum absolute atomic E-state index is 0.148. The molecule has 0 N–H and O–H groups in total. The van der Waals surface area contributed by atoms with E-state index in [-0.39, 0.29) is 12.4 Å². The molecule has 0 atom stereocenters. The van der Waals surface area contributed by atoms with Crippen LogP contribution >= 0.6 is 22.9 Å². The summed E-state index contributed by atoms with van der Waals surface area (Å²) in [6.45, 7) is 4.18. The number of aromatic nitrogens is 2. The van der Waals surface area contributed by atoms with Crippen LogP contribution in [0.2, 0.25) is 5.15 Å². The van der Waals surface area contributed by atoms with E-state index >= 15 is 0 Å². The minimum atomic E-state index is -0.341. The molecule has 2 heterocycles. The fourth-order valence-corrected chi connectivity index (χ4v) is 3.44. The van der Waals surface area contributed by atoms with Crippen molar-refractivity contribution in [3.8, 4) is 5.75 Å². The van der Waals surface area contributed by atoms with E-state index in [1.807, 2.05) is 13.8 Å². The van der Waals surface area contributed by atoms with Crippen molar-refractivity contribution in [1.82, 2.24) is 9.97 Å². The first-order valence-electron chi connectivity index (χ1n) is 6.35. The highest BCUT2D eigenvalue weighted by atomic mass is 35.5. The second kappa shape index (κ2) is 5.58. The summed E-state index contributed by atoms with van der Waals surface area (Å²) in [5.41, 5.74) is 1.11. The number of nitrogens with zero attached hydrogens (tertiary/aromatic N) is 2. The molecule has 0 saturated heterocycles. The van der Waals surface area contributed by atoms with E-state index in [0.717, 1.165) is 15.8 Å². The van der Waals surface area contributed by atoms with Gasteiger partial charge in [-0.05, 0) is 31.5 Å². The van der Waals surface area contributed by atoms with Gasteiger partial charge in [0.15, 0.2) is 5.82 Å². The van der Waals surface area contributed by atoms with Crippen LogP contribution in [0.25, 0.3) is 10.2 Å². The Hall–Kier alpha value is -1.72. The topological polar surface area (TPSA) is 35.0 Å². The normalized spacial score (nSPS) is 11.0. The van der Waals surface area contributed by atoms with Crippen molar-refractivity contribution in [3.05, 3.63) is 51.5 Å². The van der Waals surface area contributed by atoms with Gasteiger partial charge in [-0.3, -0.25) is 0 Å². The third-order valence-electron chi connectivity index (χ3n) is 3.19. The zero-order valence-corrected chi connectivity index (χ0v) is 13.1. The Kier molecular flexibility index (Phi) is 3.78. The lowest BCUT2D eigenvalue weighted by Gasteiger charge is -2.06. The van der Waals surface area contributed by atoms with Gasteiger partial charge in [0.25, 0.3) is 0 Å². The number of hydrogen-bond acceptors (Lipinski definition) is 4. The summed E-state index contributed by atoms with van der Waals surface area (Å²) in [6, 6.07) is 5.96. The minimum Gasteiger partial charge on any atom is -0.486 e. The Morgan fingerprint density at radius 1 is 1.29 bits per heavy atom. The molecule has 0 aliphatic rings. The van der Waals surface area contributed by atoms with Crippen LogP contribution < -0.4 is 4.74 Å². The van der Waals surface area contributed by atoms with Crippen LogP contribution in [-0.4, -0.2) is 9.97 Å². The first kappa shape index (κ1) is 14.2. The number of thiophene rings is 1. The first-order valence-corrected chi connectivity index (χ1v) is 7.54. The highest BCUT2D eigenvalue weighted by molar-refractivity contribution is 7.18. The van der Waals surface area contributed by atoms with Crippen LogP contribution in [0.1, 0.15) is 16.3 Å². The van der Waals surface area contributed by atoms with Crippen molar-refractivity contribution >= 4 is 33.2 Å². The summed E-state index contributed by atoms with van der Waals surface area (Å²) < 4.78 is 18.6. The third kappa shape index (κ3) is 2.84. The number of ether oxygens (including phenoxy) is 1. The van der Waals surface area contributed by atoms with E-state index in [2.05, 4.69) is 9.97 Å². The molecule has 0 bridgehead atoms. The summed E-state index contributed by atoms with van der Waals surface area (Å²) in [5.74, 6) is 0.581. The van der Waals surface area contributed by atoms with Gasteiger partial charge >= 0.3 is 0 Å². The van der Waals surface area contributed by atoms with Gasteiger partial charge in [0.05, 0.1) is 5.39 Å². The Morgan fingerprint density at radius 2 is 2.10 bits per heavy atom. The van der Waals surface area contributed by atoms with Crippen molar-refractivity contribution in [1.29, 1.82) is 0 Å². The Balaban J connectivity index is 1.88. The highest BCUT2D eigenvalue weighted by Crippen LogP contribution is 2.33. The number of aryl methyl sites for hydroxylation is 2. The molecular weight excluding hydrogens is 311 g/mol. The molecule has 3 nitrogen and oxygen atoms in total. The highest BCUT2D eigenvalue weighted by Gasteiger charge is 2.13. The molecule has 0 aliphatic carbocycles. The van der Waals surface area contributed by atoms with Crippen LogP contribution in [0.4, 0.5) is 4.39 Å². The molecule has 0 amide bonds. The van der Waals surface area contributed by atoms with E-state index in [9.17, 15) is 4.39 Å². The average molecular weight is 323 g/mol. The van der Waals surface area contributed by atoms with E-state index in [1.165, 1.54) is 17.0 Å². The molecule has 0 saturated carbocycles. The quantitative estimate of drug-likeness (QED) is 0.657. The predicted molar refractivity (Wildman–Crippen MR) is 82.6 cm³/mol. The molecule has 1 aromatic carbocycles. The third-order valence-corrected chi connectivity index (χ3v) is 4.57. The van der Waals surface area contributed by atoms with Crippen molar-refractivity contribution in [3.63, 3.8) is 0 Å². The summed E-state index contributed by atoms with van der Waals surface area (Å²) in [7, 11) is 0. The zero-order chi connectivity index (χ0) is 15.0. The van der Waals surface area contributed by atoms with Gasteiger partial charge in [0, 0.05) is 10.9 Å². The molecule has 0 unspecified atom stereocenters. The Bertz CT molecular complexity index is 819. The lowest BCUT2D eigenvalue weighted by atomic mass is 10.2. The summed E-state index contributed by atoms with van der Waals surface area (Å²) in [4.78, 5) is 10.7. The van der Waals surface area contributed by atoms with E-state index in [4.69, 9.17) is 16.3 Å². The van der Waals surface area contributed by atoms with Gasteiger partial charge < -0.3 is 4.74 Å². The van der Waals surface area contributed by atoms with Crippen molar-refractivity contribution < 1.29 is 9.13 Å². The van der Waals surface area contributed by atoms with Gasteiger partial charge in [-0.25, -0.2) is 14.4 Å². The fraction of sp³-hybridized carbons (Fsp3) is 0.200. The maximum absolute atomic E-state index is 13.1. The second-order valence-corrected chi connectivity index (χ2v) is 6.20. The van der Waals surface area contributed by atoms with E-state index in [0.29, 0.717) is 16.7 Å². The molecule has 108 valence electrons. The smallest absolute Gasteiger partial charge is 0.169 e. The Labute approximate surface area is 130 Å². The van der Waals surface area contributed by atoms with Crippen molar-refractivity contribution in [2.24, 2.45) is 0 Å². The largest absolute Gasteiger partial charge is 0.486 e. The lowest BCUT2D eigenvalue weighted by Crippen LogP contribution is -2.02. The van der Waals surface area contributed by atoms with Gasteiger partial charge in [-0.2, -0.15) is 0 Å². The van der Waals surface area contributed by atoms with Gasteiger partial charge in [0.2, 0.25) is 0 Å². The average Bonchev–Trinajstić information content (AvgIpc) is 2.72.